The van der Waals surface area contributed by atoms with Crippen LogP contribution >= 0.6 is 34.4 Å². The molecule has 0 bridgehead atoms. The molecule has 35 heavy (non-hydrogen) atoms. The van der Waals surface area contributed by atoms with Crippen LogP contribution in [-0.2, 0) is 20.9 Å². The first-order valence-electron chi connectivity index (χ1n) is 11.1. The minimum atomic E-state index is -0.704. The highest BCUT2D eigenvalue weighted by Gasteiger charge is 2.37. The second-order valence-corrected chi connectivity index (χ2v) is 11.0. The van der Waals surface area contributed by atoms with Gasteiger partial charge in [0.15, 0.2) is 11.5 Å². The lowest BCUT2D eigenvalue weighted by Gasteiger charge is -2.21. The topological polar surface area (TPSA) is 82.1 Å². The molecule has 2 amide bonds. The maximum atomic E-state index is 12.8. The number of thioether (sulfide) groups is 1. The minimum absolute atomic E-state index is 0.227. The molecule has 1 fully saturated rings. The van der Waals surface area contributed by atoms with E-state index in [2.05, 4.69) is 22.6 Å². The summed E-state index contributed by atoms with van der Waals surface area (Å²) in [6, 6.07) is 11.7. The van der Waals surface area contributed by atoms with Crippen LogP contribution in [-0.4, -0.2) is 40.8 Å². The average Bonchev–Trinajstić information content (AvgIpc) is 3.00. The number of hydrogen-bond acceptors (Lipinski definition) is 7. The van der Waals surface area contributed by atoms with Crippen LogP contribution in [0.3, 0.4) is 0 Å². The number of benzene rings is 2. The summed E-state index contributed by atoms with van der Waals surface area (Å²) in [5, 5.41) is -0.509. The van der Waals surface area contributed by atoms with Crippen LogP contribution in [0.2, 0.25) is 0 Å². The van der Waals surface area contributed by atoms with Gasteiger partial charge in [-0.15, -0.1) is 0 Å². The van der Waals surface area contributed by atoms with E-state index in [0.717, 1.165) is 25.8 Å². The SMILES string of the molecule is CCOc1cc(C=C2SC(=O)N(CC(=O)OC(C)(C)C)C2=O)cc(I)c1OCc1ccc(C)cc1. The highest BCUT2D eigenvalue weighted by molar-refractivity contribution is 14.1. The van der Waals surface area contributed by atoms with Crippen LogP contribution in [0.5, 0.6) is 11.5 Å². The number of ether oxygens (including phenoxy) is 3. The van der Waals surface area contributed by atoms with Gasteiger partial charge in [-0.3, -0.25) is 19.3 Å². The van der Waals surface area contributed by atoms with Crippen LogP contribution in [0.4, 0.5) is 4.79 Å². The predicted molar refractivity (Wildman–Crippen MR) is 144 cm³/mol. The van der Waals surface area contributed by atoms with Crippen LogP contribution in [0.15, 0.2) is 41.3 Å². The van der Waals surface area contributed by atoms with Gasteiger partial charge < -0.3 is 14.2 Å². The Kier molecular flexibility index (Phi) is 8.87. The molecule has 7 nitrogen and oxygen atoms in total. The lowest BCUT2D eigenvalue weighted by Crippen LogP contribution is -2.37. The molecule has 0 aromatic heterocycles. The van der Waals surface area contributed by atoms with Crippen molar-refractivity contribution in [2.75, 3.05) is 13.2 Å². The van der Waals surface area contributed by atoms with Crippen LogP contribution in [0.25, 0.3) is 6.08 Å². The van der Waals surface area contributed by atoms with E-state index < -0.39 is 29.3 Å². The molecular weight excluding hydrogens is 581 g/mol. The third-order valence-electron chi connectivity index (χ3n) is 4.71. The van der Waals surface area contributed by atoms with E-state index in [9.17, 15) is 14.4 Å². The van der Waals surface area contributed by atoms with Crippen molar-refractivity contribution >= 4 is 57.5 Å². The first kappa shape index (κ1) is 27.1. The zero-order valence-corrected chi connectivity index (χ0v) is 23.3. The summed E-state index contributed by atoms with van der Waals surface area (Å²) in [6.07, 6.45) is 1.62. The monoisotopic (exact) mass is 609 g/mol. The van der Waals surface area contributed by atoms with Crippen molar-refractivity contribution in [2.45, 2.75) is 46.8 Å². The van der Waals surface area contributed by atoms with E-state index >= 15 is 0 Å². The Morgan fingerprint density at radius 1 is 1.11 bits per heavy atom. The Balaban J connectivity index is 1.79. The van der Waals surface area contributed by atoms with E-state index in [4.69, 9.17) is 14.2 Å². The predicted octanol–water partition coefficient (Wildman–Crippen LogP) is 5.96. The molecule has 0 aliphatic carbocycles. The van der Waals surface area contributed by atoms with Gasteiger partial charge in [0.1, 0.15) is 18.8 Å². The molecule has 3 rings (SSSR count). The fraction of sp³-hybridized carbons (Fsp3) is 0.346. The Morgan fingerprint density at radius 3 is 2.43 bits per heavy atom. The van der Waals surface area contributed by atoms with Gasteiger partial charge in [-0.1, -0.05) is 29.8 Å². The van der Waals surface area contributed by atoms with Crippen molar-refractivity contribution in [3.8, 4) is 11.5 Å². The van der Waals surface area contributed by atoms with Gasteiger partial charge in [0.2, 0.25) is 0 Å². The Morgan fingerprint density at radius 2 is 1.80 bits per heavy atom. The molecule has 9 heteroatoms. The van der Waals surface area contributed by atoms with Crippen LogP contribution in [0.1, 0.15) is 44.4 Å². The Hall–Kier alpha value is -2.53. The van der Waals surface area contributed by atoms with Gasteiger partial charge in [-0.2, -0.15) is 0 Å². The summed E-state index contributed by atoms with van der Waals surface area (Å²) in [5.41, 5.74) is 2.20. The number of amides is 2. The van der Waals surface area contributed by atoms with Crippen molar-refractivity contribution in [3.05, 3.63) is 61.6 Å². The minimum Gasteiger partial charge on any atom is -0.490 e. The lowest BCUT2D eigenvalue weighted by atomic mass is 10.1. The largest absolute Gasteiger partial charge is 0.490 e. The van der Waals surface area contributed by atoms with Crippen molar-refractivity contribution in [1.29, 1.82) is 0 Å². The number of rotatable bonds is 8. The van der Waals surface area contributed by atoms with E-state index in [1.54, 1.807) is 32.9 Å². The number of carbonyl (C=O) groups excluding carboxylic acids is 3. The molecule has 186 valence electrons. The molecule has 0 atom stereocenters. The maximum Gasteiger partial charge on any atom is 0.326 e. The molecule has 0 radical (unpaired) electrons. The highest BCUT2D eigenvalue weighted by atomic mass is 127. The molecule has 1 heterocycles. The average molecular weight is 609 g/mol. The summed E-state index contributed by atoms with van der Waals surface area (Å²) < 4.78 is 17.9. The Labute approximate surface area is 223 Å². The summed E-state index contributed by atoms with van der Waals surface area (Å²) in [7, 11) is 0. The maximum absolute atomic E-state index is 12.8. The molecule has 2 aromatic rings. The zero-order valence-electron chi connectivity index (χ0n) is 20.3. The fourth-order valence-electron chi connectivity index (χ4n) is 3.20. The van der Waals surface area contributed by atoms with Crippen molar-refractivity contribution in [3.63, 3.8) is 0 Å². The molecule has 0 N–H and O–H groups in total. The molecule has 1 aliphatic heterocycles. The van der Waals surface area contributed by atoms with Crippen molar-refractivity contribution in [1.82, 2.24) is 4.90 Å². The molecule has 0 saturated carbocycles. The molecule has 0 unspecified atom stereocenters. The van der Waals surface area contributed by atoms with Gasteiger partial charge in [0, 0.05) is 0 Å². The number of aryl methyl sites for hydroxylation is 1. The highest BCUT2D eigenvalue weighted by Crippen LogP contribution is 2.38. The second-order valence-electron chi connectivity index (χ2n) is 8.89. The third-order valence-corrected chi connectivity index (χ3v) is 6.42. The summed E-state index contributed by atoms with van der Waals surface area (Å²) >= 11 is 2.95. The number of nitrogens with zero attached hydrogens (tertiary/aromatic N) is 1. The molecule has 0 spiro atoms. The summed E-state index contributed by atoms with van der Waals surface area (Å²) in [5.74, 6) is -0.00298. The van der Waals surface area contributed by atoms with Gasteiger partial charge in [-0.05, 0) is 98.3 Å². The van der Waals surface area contributed by atoms with Crippen molar-refractivity contribution < 1.29 is 28.6 Å². The van der Waals surface area contributed by atoms with Gasteiger partial charge in [-0.25, -0.2) is 0 Å². The summed E-state index contributed by atoms with van der Waals surface area (Å²) in [6.45, 7) is 9.49. The molecule has 2 aromatic carbocycles. The molecule has 1 aliphatic rings. The number of halogens is 1. The van der Waals surface area contributed by atoms with E-state index in [-0.39, 0.29) is 4.91 Å². The normalized spacial score (nSPS) is 15.0. The number of esters is 1. The zero-order chi connectivity index (χ0) is 25.8. The van der Waals surface area contributed by atoms with Crippen LogP contribution in [0, 0.1) is 10.5 Å². The number of imide groups is 1. The van der Waals surface area contributed by atoms with Crippen molar-refractivity contribution in [2.24, 2.45) is 0 Å². The van der Waals surface area contributed by atoms with Crippen LogP contribution < -0.4 is 9.47 Å². The van der Waals surface area contributed by atoms with E-state index in [1.165, 1.54) is 5.56 Å². The van der Waals surface area contributed by atoms with Gasteiger partial charge >= 0.3 is 5.97 Å². The standard InChI is InChI=1S/C26H28INO6S/c1-6-32-20-12-18(11-19(27)23(20)33-15-17-9-7-16(2)8-10-17)13-21-24(30)28(25(31)35-21)14-22(29)34-26(3,4)5/h7-13H,6,14-15H2,1-5H3. The lowest BCUT2D eigenvalue weighted by molar-refractivity contribution is -0.156. The Bertz CT molecular complexity index is 1150. The van der Waals surface area contributed by atoms with E-state index in [1.807, 2.05) is 44.2 Å². The number of carbonyl (C=O) groups is 3. The van der Waals surface area contributed by atoms with Gasteiger partial charge in [0.05, 0.1) is 15.1 Å². The van der Waals surface area contributed by atoms with E-state index in [0.29, 0.717) is 30.3 Å². The fourth-order valence-corrected chi connectivity index (χ4v) is 4.82. The number of hydrogen-bond donors (Lipinski definition) is 0. The molecular formula is C26H28INO6S. The second kappa shape index (κ2) is 11.5. The first-order valence-corrected chi connectivity index (χ1v) is 13.0. The summed E-state index contributed by atoms with van der Waals surface area (Å²) in [4.78, 5) is 38.5. The smallest absolute Gasteiger partial charge is 0.326 e. The first-order chi connectivity index (χ1) is 16.5. The quantitative estimate of drug-likeness (QED) is 0.208. The third kappa shape index (κ3) is 7.47. The van der Waals surface area contributed by atoms with Gasteiger partial charge in [0.25, 0.3) is 11.1 Å². The molecule has 1 saturated heterocycles.